The molecule has 0 saturated carbocycles. The number of likely N-dealkylation sites (tertiary alicyclic amines) is 1. The second-order valence-electron chi connectivity index (χ2n) is 6.77. The molecule has 0 radical (unpaired) electrons. The summed E-state index contributed by atoms with van der Waals surface area (Å²) in [4.78, 5) is 60.7. The summed E-state index contributed by atoms with van der Waals surface area (Å²) in [7, 11) is 0. The van der Waals surface area contributed by atoms with Gasteiger partial charge in [0.2, 0.25) is 23.6 Å². The summed E-state index contributed by atoms with van der Waals surface area (Å²) in [5, 5.41) is 23.0. The van der Waals surface area contributed by atoms with E-state index in [1.165, 1.54) is 18.7 Å². The van der Waals surface area contributed by atoms with Crippen LogP contribution in [0.5, 0.6) is 0 Å². The standard InChI is InChI=1S/C16H27N5O7/c1-7(17)16(28)21-5-3-4-10(21)15(27)19-9(6-11(23)24)14(26)20-12(8(2)22)13(18)25/h7-10,12,22H,3-6,17H2,1-2H3,(H2,18,25)(H,19,27)(H,20,26)(H,23,24)/t7-,8?,9-,10-,12?/m0/s1. The quantitative estimate of drug-likeness (QED) is 0.229. The highest BCUT2D eigenvalue weighted by Gasteiger charge is 2.37. The van der Waals surface area contributed by atoms with E-state index >= 15 is 0 Å². The molecule has 0 aliphatic carbocycles. The van der Waals surface area contributed by atoms with E-state index in [1.54, 1.807) is 0 Å². The number of aliphatic hydroxyl groups excluding tert-OH is 1. The van der Waals surface area contributed by atoms with Crippen molar-refractivity contribution in [3.8, 4) is 0 Å². The van der Waals surface area contributed by atoms with Crippen LogP contribution in [0, 0.1) is 0 Å². The molecule has 4 amide bonds. The van der Waals surface area contributed by atoms with Crippen LogP contribution in [0.3, 0.4) is 0 Å². The van der Waals surface area contributed by atoms with Gasteiger partial charge in [-0.2, -0.15) is 0 Å². The number of nitrogens with one attached hydrogen (secondary N) is 2. The number of hydrogen-bond acceptors (Lipinski definition) is 7. The molecule has 1 aliphatic heterocycles. The van der Waals surface area contributed by atoms with Crippen LogP contribution in [0.25, 0.3) is 0 Å². The van der Waals surface area contributed by atoms with Crippen LogP contribution < -0.4 is 22.1 Å². The Morgan fingerprint density at radius 3 is 2.25 bits per heavy atom. The van der Waals surface area contributed by atoms with E-state index in [9.17, 15) is 29.1 Å². The van der Waals surface area contributed by atoms with Gasteiger partial charge in [-0.1, -0.05) is 0 Å². The lowest BCUT2D eigenvalue weighted by atomic mass is 10.1. The van der Waals surface area contributed by atoms with Crippen molar-refractivity contribution in [3.63, 3.8) is 0 Å². The van der Waals surface area contributed by atoms with Gasteiger partial charge in [-0.15, -0.1) is 0 Å². The van der Waals surface area contributed by atoms with E-state index in [0.29, 0.717) is 19.4 Å². The third-order valence-corrected chi connectivity index (χ3v) is 4.33. The van der Waals surface area contributed by atoms with Crippen molar-refractivity contribution in [2.24, 2.45) is 11.5 Å². The summed E-state index contributed by atoms with van der Waals surface area (Å²) in [6.45, 7) is 3.02. The van der Waals surface area contributed by atoms with Crippen LogP contribution in [0.4, 0.5) is 0 Å². The van der Waals surface area contributed by atoms with Crippen LogP contribution in [-0.2, 0) is 24.0 Å². The first-order valence-corrected chi connectivity index (χ1v) is 8.81. The van der Waals surface area contributed by atoms with Crippen molar-refractivity contribution < 1.29 is 34.2 Å². The molecule has 1 heterocycles. The van der Waals surface area contributed by atoms with E-state index in [2.05, 4.69) is 10.6 Å². The van der Waals surface area contributed by atoms with Gasteiger partial charge in [0.25, 0.3) is 0 Å². The third kappa shape index (κ3) is 6.16. The van der Waals surface area contributed by atoms with Crippen LogP contribution in [0.2, 0.25) is 0 Å². The van der Waals surface area contributed by atoms with E-state index < -0.39 is 66.3 Å². The van der Waals surface area contributed by atoms with E-state index in [1.807, 2.05) is 0 Å². The van der Waals surface area contributed by atoms with Gasteiger partial charge in [-0.05, 0) is 26.7 Å². The molecule has 0 aromatic rings. The number of carbonyl (C=O) groups excluding carboxylic acids is 4. The molecule has 8 N–H and O–H groups in total. The topological polar surface area (TPSA) is 205 Å². The molecular weight excluding hydrogens is 374 g/mol. The second kappa shape index (κ2) is 9.99. The van der Waals surface area contributed by atoms with Crippen molar-refractivity contribution in [1.82, 2.24) is 15.5 Å². The third-order valence-electron chi connectivity index (χ3n) is 4.33. The Hall–Kier alpha value is -2.73. The number of amides is 4. The smallest absolute Gasteiger partial charge is 0.305 e. The second-order valence-corrected chi connectivity index (χ2v) is 6.77. The zero-order valence-electron chi connectivity index (χ0n) is 15.8. The molecule has 12 heteroatoms. The van der Waals surface area contributed by atoms with Gasteiger partial charge in [-0.25, -0.2) is 0 Å². The van der Waals surface area contributed by atoms with Gasteiger partial charge in [0, 0.05) is 6.54 Å². The van der Waals surface area contributed by atoms with Crippen LogP contribution >= 0.6 is 0 Å². The summed E-state index contributed by atoms with van der Waals surface area (Å²) in [6, 6.07) is -4.68. The lowest BCUT2D eigenvalue weighted by molar-refractivity contribution is -0.143. The molecule has 1 aliphatic rings. The van der Waals surface area contributed by atoms with E-state index in [0.717, 1.165) is 0 Å². The summed E-state index contributed by atoms with van der Waals surface area (Å²) >= 11 is 0. The minimum Gasteiger partial charge on any atom is -0.481 e. The Morgan fingerprint density at radius 1 is 1.18 bits per heavy atom. The van der Waals surface area contributed by atoms with Crippen molar-refractivity contribution in [2.75, 3.05) is 6.54 Å². The van der Waals surface area contributed by atoms with Crippen LogP contribution in [-0.4, -0.2) is 81.5 Å². The number of aliphatic hydroxyl groups is 1. The molecule has 1 saturated heterocycles. The predicted octanol–water partition coefficient (Wildman–Crippen LogP) is -3.36. The van der Waals surface area contributed by atoms with Crippen LogP contribution in [0.1, 0.15) is 33.1 Å². The first-order chi connectivity index (χ1) is 13.0. The Kier molecular flexibility index (Phi) is 8.32. The molecule has 12 nitrogen and oxygen atoms in total. The highest BCUT2D eigenvalue weighted by Crippen LogP contribution is 2.18. The molecule has 1 fully saturated rings. The molecule has 5 atom stereocenters. The Morgan fingerprint density at radius 2 is 1.79 bits per heavy atom. The predicted molar refractivity (Wildman–Crippen MR) is 95.4 cm³/mol. The molecule has 0 bridgehead atoms. The largest absolute Gasteiger partial charge is 0.481 e. The zero-order chi connectivity index (χ0) is 21.6. The van der Waals surface area contributed by atoms with Gasteiger partial charge in [0.1, 0.15) is 18.1 Å². The Balaban J connectivity index is 2.91. The molecule has 0 aromatic heterocycles. The molecule has 28 heavy (non-hydrogen) atoms. The van der Waals surface area contributed by atoms with Crippen molar-refractivity contribution in [3.05, 3.63) is 0 Å². The van der Waals surface area contributed by atoms with Gasteiger partial charge < -0.3 is 37.2 Å². The number of primary amides is 1. The van der Waals surface area contributed by atoms with Gasteiger partial charge >= 0.3 is 5.97 Å². The van der Waals surface area contributed by atoms with Gasteiger partial charge in [0.15, 0.2) is 0 Å². The van der Waals surface area contributed by atoms with E-state index in [-0.39, 0.29) is 0 Å². The lowest BCUT2D eigenvalue weighted by Gasteiger charge is -2.28. The fraction of sp³-hybridized carbons (Fsp3) is 0.688. The SMILES string of the molecule is CC(O)C(NC(=O)[C@H](CC(=O)O)NC(=O)[C@@H]1CCCN1C(=O)[C@H](C)N)C(N)=O. The van der Waals surface area contributed by atoms with Crippen LogP contribution in [0.15, 0.2) is 0 Å². The molecule has 0 spiro atoms. The average Bonchev–Trinajstić information content (AvgIpc) is 3.06. The monoisotopic (exact) mass is 401 g/mol. The zero-order valence-corrected chi connectivity index (χ0v) is 15.8. The number of aliphatic carboxylic acids is 1. The molecule has 1 rings (SSSR count). The summed E-state index contributed by atoms with van der Waals surface area (Å²) in [5.41, 5.74) is 10.7. The number of carbonyl (C=O) groups is 5. The van der Waals surface area contributed by atoms with Gasteiger partial charge in [0.05, 0.1) is 18.6 Å². The van der Waals surface area contributed by atoms with Crippen molar-refractivity contribution >= 4 is 29.6 Å². The molecule has 158 valence electrons. The van der Waals surface area contributed by atoms with Crippen molar-refractivity contribution in [2.45, 2.75) is 63.4 Å². The number of nitrogens with zero attached hydrogens (tertiary/aromatic N) is 1. The summed E-state index contributed by atoms with van der Waals surface area (Å²) in [5.74, 6) is -4.53. The molecule has 0 aromatic carbocycles. The number of nitrogens with two attached hydrogens (primary N) is 2. The molecular formula is C16H27N5O7. The van der Waals surface area contributed by atoms with Gasteiger partial charge in [-0.3, -0.25) is 24.0 Å². The summed E-state index contributed by atoms with van der Waals surface area (Å²) < 4.78 is 0. The Labute approximate surface area is 161 Å². The van der Waals surface area contributed by atoms with Crippen molar-refractivity contribution in [1.29, 1.82) is 0 Å². The minimum absolute atomic E-state index is 0.319. The van der Waals surface area contributed by atoms with E-state index in [4.69, 9.17) is 16.6 Å². The fourth-order valence-electron chi connectivity index (χ4n) is 2.90. The average molecular weight is 401 g/mol. The number of hydrogen-bond donors (Lipinski definition) is 6. The lowest BCUT2D eigenvalue weighted by Crippen LogP contribution is -2.59. The number of rotatable bonds is 9. The maximum absolute atomic E-state index is 12.6. The summed E-state index contributed by atoms with van der Waals surface area (Å²) in [6.07, 6.45) is -1.20. The minimum atomic E-state index is -1.53. The highest BCUT2D eigenvalue weighted by atomic mass is 16.4. The fourth-order valence-corrected chi connectivity index (χ4v) is 2.90. The maximum atomic E-state index is 12.6. The number of carboxylic acids is 1. The normalized spacial score (nSPS) is 20.6. The Bertz CT molecular complexity index is 637. The first kappa shape index (κ1) is 23.3. The highest BCUT2D eigenvalue weighted by molar-refractivity contribution is 5.96. The maximum Gasteiger partial charge on any atom is 0.305 e. The first-order valence-electron chi connectivity index (χ1n) is 8.81. The number of carboxylic acid groups (broad SMARTS) is 1. The molecule has 2 unspecified atom stereocenters.